The summed E-state index contributed by atoms with van der Waals surface area (Å²) in [4.78, 5) is 27.8. The van der Waals surface area contributed by atoms with Crippen LogP contribution in [0.4, 0.5) is 0 Å². The van der Waals surface area contributed by atoms with Gasteiger partial charge in [-0.15, -0.1) is 0 Å². The molecule has 0 amide bonds. The highest BCUT2D eigenvalue weighted by molar-refractivity contribution is 6.14. The number of allylic oxidation sites excluding steroid dienone is 4. The molecule has 0 N–H and O–H groups in total. The molecule has 0 saturated heterocycles. The van der Waals surface area contributed by atoms with E-state index in [4.69, 9.17) is 0 Å². The van der Waals surface area contributed by atoms with E-state index < -0.39 is 0 Å². The van der Waals surface area contributed by atoms with Gasteiger partial charge in [0.25, 0.3) is 0 Å². The van der Waals surface area contributed by atoms with Gasteiger partial charge in [-0.05, 0) is 53.6 Å². The van der Waals surface area contributed by atoms with Gasteiger partial charge < -0.3 is 0 Å². The van der Waals surface area contributed by atoms with Crippen LogP contribution in [-0.4, -0.2) is 11.6 Å². The summed E-state index contributed by atoms with van der Waals surface area (Å²) in [6.07, 6.45) is 8.36. The molecule has 0 heterocycles. The third-order valence-electron chi connectivity index (χ3n) is 10.1. The minimum Gasteiger partial charge on any atom is -0.289 e. The molecule has 1 fully saturated rings. The van der Waals surface area contributed by atoms with Crippen LogP contribution in [0.15, 0.2) is 71.8 Å². The lowest BCUT2D eigenvalue weighted by atomic mass is 9.67. The van der Waals surface area contributed by atoms with Crippen molar-refractivity contribution < 1.29 is 9.59 Å². The van der Waals surface area contributed by atoms with Crippen LogP contribution in [-0.2, 0) is 5.41 Å². The number of Topliss-reactive ketones (excluding diaryl/α,β-unsaturated/α-hetero) is 2. The number of carbonyl (C=O) groups excluding carboxylic acids is 2. The molecule has 2 aromatic rings. The summed E-state index contributed by atoms with van der Waals surface area (Å²) in [5.74, 6) is 0.704. The van der Waals surface area contributed by atoms with Crippen molar-refractivity contribution in [1.29, 1.82) is 0 Å². The molecular weight excluding hydrogens is 428 g/mol. The number of hydrogen-bond acceptors (Lipinski definition) is 2. The molecular formula is C33H38O2. The van der Waals surface area contributed by atoms with Crippen molar-refractivity contribution in [1.82, 2.24) is 0 Å². The smallest absolute Gasteiger partial charge is 0.189 e. The third-order valence-corrected chi connectivity index (χ3v) is 10.1. The minimum atomic E-state index is -0.282. The second kappa shape index (κ2) is 8.15. The highest BCUT2D eigenvalue weighted by Crippen LogP contribution is 2.72. The Hall–Kier alpha value is -2.74. The van der Waals surface area contributed by atoms with Crippen molar-refractivity contribution in [3.8, 4) is 0 Å². The Balaban J connectivity index is 1.82. The van der Waals surface area contributed by atoms with E-state index in [1.807, 2.05) is 24.3 Å². The largest absolute Gasteiger partial charge is 0.289 e. The van der Waals surface area contributed by atoms with Gasteiger partial charge in [-0.3, -0.25) is 9.59 Å². The highest BCUT2D eigenvalue weighted by atomic mass is 16.1. The summed E-state index contributed by atoms with van der Waals surface area (Å²) >= 11 is 0. The number of hydrogen-bond donors (Lipinski definition) is 0. The van der Waals surface area contributed by atoms with Gasteiger partial charge in [0.2, 0.25) is 0 Å². The number of rotatable bonds is 6. The first-order chi connectivity index (χ1) is 16.7. The van der Waals surface area contributed by atoms with Crippen LogP contribution in [0, 0.1) is 16.7 Å². The van der Waals surface area contributed by atoms with E-state index in [2.05, 4.69) is 78.0 Å². The first kappa shape index (κ1) is 24.0. The van der Waals surface area contributed by atoms with Gasteiger partial charge in [-0.25, -0.2) is 0 Å². The zero-order chi connectivity index (χ0) is 25.2. The summed E-state index contributed by atoms with van der Waals surface area (Å²) in [7, 11) is 0. The normalized spacial score (nSPS) is 25.3. The summed E-state index contributed by atoms with van der Waals surface area (Å²) in [6.45, 7) is 13.2. The number of carbonyl (C=O) groups is 2. The zero-order valence-electron chi connectivity index (χ0n) is 22.1. The molecule has 35 heavy (non-hydrogen) atoms. The van der Waals surface area contributed by atoms with Gasteiger partial charge in [0, 0.05) is 33.6 Å². The maximum absolute atomic E-state index is 13.9. The Morgan fingerprint density at radius 2 is 1.23 bits per heavy atom. The minimum absolute atomic E-state index is 0.164. The topological polar surface area (TPSA) is 34.1 Å². The molecule has 2 aromatic carbocycles. The number of ketones is 2. The Kier molecular flexibility index (Phi) is 5.58. The Morgan fingerprint density at radius 3 is 1.86 bits per heavy atom. The van der Waals surface area contributed by atoms with Gasteiger partial charge in [0.05, 0.1) is 0 Å². The molecule has 3 aliphatic rings. The molecule has 3 unspecified atom stereocenters. The second-order valence-corrected chi connectivity index (χ2v) is 11.4. The highest BCUT2D eigenvalue weighted by Gasteiger charge is 2.68. The van der Waals surface area contributed by atoms with Crippen LogP contribution >= 0.6 is 0 Å². The van der Waals surface area contributed by atoms with E-state index >= 15 is 0 Å². The van der Waals surface area contributed by atoms with Crippen LogP contribution in [0.25, 0.3) is 0 Å². The van der Waals surface area contributed by atoms with Crippen molar-refractivity contribution in [2.24, 2.45) is 16.7 Å². The summed E-state index contributed by atoms with van der Waals surface area (Å²) < 4.78 is 0. The lowest BCUT2D eigenvalue weighted by Gasteiger charge is -2.36. The first-order valence-electron chi connectivity index (χ1n) is 13.5. The van der Waals surface area contributed by atoms with Crippen LogP contribution in [0.1, 0.15) is 105 Å². The molecule has 0 aromatic heterocycles. The average molecular weight is 467 g/mol. The summed E-state index contributed by atoms with van der Waals surface area (Å²) in [5, 5.41) is 0. The number of benzene rings is 2. The summed E-state index contributed by atoms with van der Waals surface area (Å²) in [6, 6.07) is 16.4. The van der Waals surface area contributed by atoms with Crippen molar-refractivity contribution in [2.45, 2.75) is 78.6 Å². The van der Waals surface area contributed by atoms with Crippen molar-refractivity contribution in [2.75, 3.05) is 0 Å². The van der Waals surface area contributed by atoms with Crippen molar-refractivity contribution in [3.05, 3.63) is 94.1 Å². The molecule has 2 heteroatoms. The van der Waals surface area contributed by atoms with E-state index in [0.717, 1.165) is 59.1 Å². The summed E-state index contributed by atoms with van der Waals surface area (Å²) in [5.41, 5.74) is 5.26. The molecule has 5 rings (SSSR count). The van der Waals surface area contributed by atoms with E-state index in [1.165, 1.54) is 0 Å². The molecule has 0 bridgehead atoms. The van der Waals surface area contributed by atoms with E-state index in [1.54, 1.807) is 0 Å². The molecule has 0 aliphatic heterocycles. The van der Waals surface area contributed by atoms with E-state index in [9.17, 15) is 9.59 Å². The van der Waals surface area contributed by atoms with Crippen LogP contribution in [0.2, 0.25) is 0 Å². The standard InChI is InChI=1S/C33H38O2/c1-7-31(5,8-2)26-19-25-28(21-15-11-12-16-22(21)29(26)34)33(25)20-27(32(6,9-3)10-4)30(35)23-17-13-14-18-24(23)33/h11-20,25,28H,7-10H2,1-6H3. The van der Waals surface area contributed by atoms with Gasteiger partial charge in [-0.2, -0.15) is 0 Å². The SMILES string of the molecule is CCC(C)(CC)C1=CC2C(c3ccccc3C1=O)C21C=C(C(C)(CC)CC)C(=O)c2ccccc21. The number of fused-ring (bicyclic) bond motifs is 7. The predicted molar refractivity (Wildman–Crippen MR) is 143 cm³/mol. The fraction of sp³-hybridized carbons (Fsp3) is 0.455. The monoisotopic (exact) mass is 466 g/mol. The molecule has 3 atom stereocenters. The van der Waals surface area contributed by atoms with Gasteiger partial charge in [0.1, 0.15) is 0 Å². The van der Waals surface area contributed by atoms with Crippen LogP contribution in [0.5, 0.6) is 0 Å². The third kappa shape index (κ3) is 3.14. The predicted octanol–water partition coefficient (Wildman–Crippen LogP) is 8.24. The van der Waals surface area contributed by atoms with Gasteiger partial charge in [-0.1, -0.05) is 102 Å². The van der Waals surface area contributed by atoms with Gasteiger partial charge in [0.15, 0.2) is 11.6 Å². The molecule has 2 nitrogen and oxygen atoms in total. The lowest BCUT2D eigenvalue weighted by molar-refractivity contribution is 0.0985. The first-order valence-corrected chi connectivity index (χ1v) is 13.5. The Labute approximate surface area is 210 Å². The molecule has 182 valence electrons. The maximum atomic E-state index is 13.9. The quantitative estimate of drug-likeness (QED) is 0.429. The van der Waals surface area contributed by atoms with Crippen molar-refractivity contribution >= 4 is 11.6 Å². The Bertz CT molecular complexity index is 1260. The van der Waals surface area contributed by atoms with Crippen LogP contribution < -0.4 is 0 Å². The molecule has 1 spiro atoms. The van der Waals surface area contributed by atoms with Crippen molar-refractivity contribution in [3.63, 3.8) is 0 Å². The fourth-order valence-corrected chi connectivity index (χ4v) is 6.80. The van der Waals surface area contributed by atoms with E-state index in [-0.39, 0.29) is 39.6 Å². The van der Waals surface area contributed by atoms with E-state index in [0.29, 0.717) is 0 Å². The second-order valence-electron chi connectivity index (χ2n) is 11.4. The fourth-order valence-electron chi connectivity index (χ4n) is 6.80. The van der Waals surface area contributed by atoms with Gasteiger partial charge >= 0.3 is 0 Å². The van der Waals surface area contributed by atoms with Crippen LogP contribution in [0.3, 0.4) is 0 Å². The molecule has 1 saturated carbocycles. The maximum Gasteiger partial charge on any atom is 0.189 e. The average Bonchev–Trinajstić information content (AvgIpc) is 3.56. The molecule has 3 aliphatic carbocycles. The molecule has 0 radical (unpaired) electrons. The Morgan fingerprint density at radius 1 is 0.714 bits per heavy atom. The lowest BCUT2D eigenvalue weighted by Crippen LogP contribution is -2.32. The zero-order valence-corrected chi connectivity index (χ0v) is 22.1.